The molecule has 2 heteroatoms. The van der Waals surface area contributed by atoms with Crippen molar-refractivity contribution in [2.24, 2.45) is 0 Å². The first-order valence-corrected chi connectivity index (χ1v) is 7.24. The van der Waals surface area contributed by atoms with Crippen LogP contribution in [0.4, 0.5) is 5.69 Å². The lowest BCUT2D eigenvalue weighted by Crippen LogP contribution is -2.17. The van der Waals surface area contributed by atoms with Crippen LogP contribution in [-0.2, 0) is 0 Å². The Bertz CT molecular complexity index is 669. The molecule has 100 valence electrons. The minimum absolute atomic E-state index is 0.932. The highest BCUT2D eigenvalue weighted by atomic mass is 16.5. The molecular weight excluding hydrogens is 246 g/mol. The molecule has 20 heavy (non-hydrogen) atoms. The predicted octanol–water partition coefficient (Wildman–Crippen LogP) is 4.56. The van der Waals surface area contributed by atoms with Crippen LogP contribution in [-0.4, -0.2) is 13.1 Å². The Balaban J connectivity index is 1.75. The van der Waals surface area contributed by atoms with E-state index in [2.05, 4.69) is 41.3 Å². The van der Waals surface area contributed by atoms with Gasteiger partial charge < -0.3 is 9.64 Å². The van der Waals surface area contributed by atoms with E-state index in [1.807, 2.05) is 18.2 Å². The summed E-state index contributed by atoms with van der Waals surface area (Å²) in [5.74, 6) is 1.89. The van der Waals surface area contributed by atoms with Gasteiger partial charge in [-0.05, 0) is 31.0 Å². The molecule has 2 heterocycles. The third-order valence-electron chi connectivity index (χ3n) is 4.05. The maximum atomic E-state index is 6.11. The van der Waals surface area contributed by atoms with Crippen LogP contribution in [0.1, 0.15) is 24.0 Å². The highest BCUT2D eigenvalue weighted by molar-refractivity contribution is 5.78. The van der Waals surface area contributed by atoms with Crippen LogP contribution in [0.2, 0.25) is 0 Å². The van der Waals surface area contributed by atoms with E-state index in [9.17, 15) is 0 Å². The largest absolute Gasteiger partial charge is 0.456 e. The first kappa shape index (κ1) is 11.6. The number of para-hydroxylation sites is 1. The smallest absolute Gasteiger partial charge is 0.136 e. The molecule has 2 aliphatic rings. The van der Waals surface area contributed by atoms with Gasteiger partial charge in [0.05, 0.1) is 0 Å². The Kier molecular flexibility index (Phi) is 2.73. The molecule has 0 aliphatic carbocycles. The molecule has 0 N–H and O–H groups in total. The quantitative estimate of drug-likeness (QED) is 0.638. The maximum absolute atomic E-state index is 6.11. The van der Waals surface area contributed by atoms with Crippen LogP contribution in [0.5, 0.6) is 11.5 Å². The van der Waals surface area contributed by atoms with Crippen LogP contribution in [0.15, 0.2) is 42.5 Å². The third kappa shape index (κ3) is 1.97. The van der Waals surface area contributed by atoms with E-state index in [0.29, 0.717) is 0 Å². The van der Waals surface area contributed by atoms with Crippen LogP contribution in [0, 0.1) is 0 Å². The lowest BCUT2D eigenvalue weighted by atomic mass is 10.1. The number of hydrogen-bond donors (Lipinski definition) is 0. The Labute approximate surface area is 119 Å². The summed E-state index contributed by atoms with van der Waals surface area (Å²) < 4.78 is 6.11. The zero-order valence-electron chi connectivity index (χ0n) is 11.4. The van der Waals surface area contributed by atoms with Crippen molar-refractivity contribution in [1.82, 2.24) is 0 Å². The molecule has 2 aromatic carbocycles. The van der Waals surface area contributed by atoms with Crippen LogP contribution in [0.3, 0.4) is 0 Å². The van der Waals surface area contributed by atoms with Crippen molar-refractivity contribution in [1.29, 1.82) is 0 Å². The monoisotopic (exact) mass is 263 g/mol. The maximum Gasteiger partial charge on any atom is 0.136 e. The van der Waals surface area contributed by atoms with E-state index in [-0.39, 0.29) is 0 Å². The van der Waals surface area contributed by atoms with Gasteiger partial charge in [0.15, 0.2) is 0 Å². The van der Waals surface area contributed by atoms with Crippen molar-refractivity contribution in [3.05, 3.63) is 53.6 Å². The number of benzene rings is 2. The molecule has 0 amide bonds. The minimum atomic E-state index is 0.932. The fraction of sp³-hybridized carbons (Fsp3) is 0.222. The Morgan fingerprint density at radius 1 is 0.800 bits per heavy atom. The molecule has 0 unspecified atom stereocenters. The van der Waals surface area contributed by atoms with Gasteiger partial charge >= 0.3 is 0 Å². The van der Waals surface area contributed by atoms with Crippen molar-refractivity contribution >= 4 is 17.8 Å². The molecular formula is C18H17NO. The summed E-state index contributed by atoms with van der Waals surface area (Å²) in [6.45, 7) is 2.32. The van der Waals surface area contributed by atoms with E-state index in [1.165, 1.54) is 18.5 Å². The molecule has 0 saturated carbocycles. The van der Waals surface area contributed by atoms with E-state index < -0.39 is 0 Å². The van der Waals surface area contributed by atoms with E-state index >= 15 is 0 Å². The first-order valence-electron chi connectivity index (χ1n) is 7.24. The standard InChI is InChI=1S/C18H17NO/c1-2-6-17-14(5-1)7-8-15-9-10-16(13-18(15)20-17)19-11-3-4-12-19/h1-2,5-10,13H,3-4,11-12H2. The minimum Gasteiger partial charge on any atom is -0.456 e. The molecule has 2 aliphatic heterocycles. The molecule has 1 fully saturated rings. The lowest BCUT2D eigenvalue weighted by Gasteiger charge is -2.19. The Morgan fingerprint density at radius 2 is 1.55 bits per heavy atom. The molecule has 2 nitrogen and oxygen atoms in total. The van der Waals surface area contributed by atoms with Crippen molar-refractivity contribution < 1.29 is 4.74 Å². The van der Waals surface area contributed by atoms with Crippen molar-refractivity contribution in [3.63, 3.8) is 0 Å². The average Bonchev–Trinajstić information content (AvgIpc) is 2.95. The molecule has 0 atom stereocenters. The van der Waals surface area contributed by atoms with Gasteiger partial charge in [-0.2, -0.15) is 0 Å². The zero-order chi connectivity index (χ0) is 13.4. The highest BCUT2D eigenvalue weighted by Gasteiger charge is 2.16. The van der Waals surface area contributed by atoms with E-state index in [4.69, 9.17) is 4.74 Å². The second-order valence-corrected chi connectivity index (χ2v) is 5.39. The summed E-state index contributed by atoms with van der Waals surface area (Å²) in [6.07, 6.45) is 6.84. The normalized spacial score (nSPS) is 16.3. The second-order valence-electron chi connectivity index (χ2n) is 5.39. The van der Waals surface area contributed by atoms with Gasteiger partial charge in [-0.15, -0.1) is 0 Å². The SMILES string of the molecule is C1=Cc2ccc(N3CCCC3)cc2Oc2ccccc21. The summed E-state index contributed by atoms with van der Waals surface area (Å²) in [6, 6.07) is 14.7. The Morgan fingerprint density at radius 3 is 2.40 bits per heavy atom. The lowest BCUT2D eigenvalue weighted by molar-refractivity contribution is 0.481. The van der Waals surface area contributed by atoms with Crippen LogP contribution in [0.25, 0.3) is 12.2 Å². The summed E-state index contributed by atoms with van der Waals surface area (Å²) in [5.41, 5.74) is 3.55. The average molecular weight is 263 g/mol. The fourth-order valence-electron chi connectivity index (χ4n) is 2.93. The molecule has 0 bridgehead atoms. The van der Waals surface area contributed by atoms with Gasteiger partial charge in [0.2, 0.25) is 0 Å². The molecule has 0 radical (unpaired) electrons. The molecule has 1 saturated heterocycles. The van der Waals surface area contributed by atoms with Gasteiger partial charge in [-0.25, -0.2) is 0 Å². The highest BCUT2D eigenvalue weighted by Crippen LogP contribution is 2.36. The van der Waals surface area contributed by atoms with Gasteiger partial charge in [0.25, 0.3) is 0 Å². The van der Waals surface area contributed by atoms with Crippen molar-refractivity contribution in [2.75, 3.05) is 18.0 Å². The third-order valence-corrected chi connectivity index (χ3v) is 4.05. The molecule has 4 rings (SSSR count). The van der Waals surface area contributed by atoms with E-state index in [0.717, 1.165) is 35.7 Å². The van der Waals surface area contributed by atoms with Gasteiger partial charge in [0.1, 0.15) is 11.5 Å². The summed E-state index contributed by atoms with van der Waals surface area (Å²) in [7, 11) is 0. The van der Waals surface area contributed by atoms with Gasteiger partial charge in [-0.3, -0.25) is 0 Å². The predicted molar refractivity (Wildman–Crippen MR) is 83.3 cm³/mol. The zero-order valence-corrected chi connectivity index (χ0v) is 11.4. The first-order chi connectivity index (χ1) is 9.90. The number of ether oxygens (including phenoxy) is 1. The number of hydrogen-bond acceptors (Lipinski definition) is 2. The summed E-state index contributed by atoms with van der Waals surface area (Å²) in [5, 5.41) is 0. The van der Waals surface area contributed by atoms with Crippen LogP contribution >= 0.6 is 0 Å². The summed E-state index contributed by atoms with van der Waals surface area (Å²) in [4.78, 5) is 2.43. The number of anilines is 1. The number of rotatable bonds is 1. The van der Waals surface area contributed by atoms with Gasteiger partial charge in [-0.1, -0.05) is 30.4 Å². The number of fused-ring (bicyclic) bond motifs is 2. The van der Waals surface area contributed by atoms with Gasteiger partial charge in [0, 0.05) is 36.0 Å². The molecule has 0 aromatic heterocycles. The topological polar surface area (TPSA) is 12.5 Å². The van der Waals surface area contributed by atoms with Crippen LogP contribution < -0.4 is 9.64 Å². The molecule has 2 aromatic rings. The Hall–Kier alpha value is -2.22. The van der Waals surface area contributed by atoms with E-state index in [1.54, 1.807) is 0 Å². The fourth-order valence-corrected chi connectivity index (χ4v) is 2.93. The molecule has 0 spiro atoms. The number of nitrogens with zero attached hydrogens (tertiary/aromatic N) is 1. The van der Waals surface area contributed by atoms with Crippen molar-refractivity contribution in [3.8, 4) is 11.5 Å². The summed E-state index contributed by atoms with van der Waals surface area (Å²) >= 11 is 0. The van der Waals surface area contributed by atoms with Crippen molar-refractivity contribution in [2.45, 2.75) is 12.8 Å². The second kappa shape index (κ2) is 4.71.